The molecule has 84 valence electrons. The Morgan fingerprint density at radius 3 is 2.36 bits per heavy atom. The number of nitrogens with zero attached hydrogens (tertiary/aromatic N) is 1. The van der Waals surface area contributed by atoms with Crippen molar-refractivity contribution in [1.29, 1.82) is 0 Å². The summed E-state index contributed by atoms with van der Waals surface area (Å²) in [5, 5.41) is 0. The topological polar surface area (TPSA) is 30.9 Å². The van der Waals surface area contributed by atoms with Crippen molar-refractivity contribution in [2.45, 2.75) is 25.2 Å². The first kappa shape index (κ1) is 11.9. The lowest BCUT2D eigenvalue weighted by Crippen LogP contribution is -2.41. The summed E-state index contributed by atoms with van der Waals surface area (Å²) in [6, 6.07) is 0.608. The van der Waals surface area contributed by atoms with Gasteiger partial charge in [0.05, 0.1) is 0 Å². The Balaban J connectivity index is 2.27. The third-order valence-electron chi connectivity index (χ3n) is 2.78. The average Bonchev–Trinajstić information content (AvgIpc) is 2.26. The van der Waals surface area contributed by atoms with Gasteiger partial charge in [-0.15, -0.1) is 0 Å². The summed E-state index contributed by atoms with van der Waals surface area (Å²) in [6.45, 7) is 2.57. The zero-order valence-corrected chi connectivity index (χ0v) is 9.36. The van der Waals surface area contributed by atoms with E-state index in [4.69, 9.17) is 14.2 Å². The van der Waals surface area contributed by atoms with Gasteiger partial charge in [0.25, 0.3) is 0 Å². The van der Waals surface area contributed by atoms with E-state index in [0.717, 1.165) is 32.6 Å². The molecule has 0 N–H and O–H groups in total. The number of likely N-dealkylation sites (N-methyl/N-ethyl adjacent to an activating group) is 1. The van der Waals surface area contributed by atoms with E-state index >= 15 is 0 Å². The van der Waals surface area contributed by atoms with Crippen molar-refractivity contribution in [2.24, 2.45) is 0 Å². The van der Waals surface area contributed by atoms with E-state index in [0.29, 0.717) is 6.04 Å². The van der Waals surface area contributed by atoms with Gasteiger partial charge < -0.3 is 14.2 Å². The Bertz CT molecular complexity index is 144. The van der Waals surface area contributed by atoms with Crippen LogP contribution in [0.3, 0.4) is 0 Å². The van der Waals surface area contributed by atoms with Gasteiger partial charge in [-0.1, -0.05) is 0 Å². The van der Waals surface area contributed by atoms with Crippen LogP contribution in [0.2, 0.25) is 0 Å². The predicted octanol–water partition coefficient (Wildman–Crippen LogP) is 0.716. The van der Waals surface area contributed by atoms with Crippen molar-refractivity contribution < 1.29 is 14.2 Å². The molecular weight excluding hydrogens is 182 g/mol. The number of rotatable bonds is 5. The molecule has 0 aromatic rings. The van der Waals surface area contributed by atoms with Crippen LogP contribution in [-0.4, -0.2) is 58.3 Å². The highest BCUT2D eigenvalue weighted by Gasteiger charge is 2.20. The first-order valence-electron chi connectivity index (χ1n) is 5.11. The van der Waals surface area contributed by atoms with Gasteiger partial charge >= 0.3 is 0 Å². The highest BCUT2D eigenvalue weighted by Crippen LogP contribution is 2.13. The number of methoxy groups -OCH3 is 2. The van der Waals surface area contributed by atoms with Gasteiger partial charge in [0.15, 0.2) is 6.29 Å². The molecule has 1 saturated heterocycles. The molecule has 0 radical (unpaired) electrons. The summed E-state index contributed by atoms with van der Waals surface area (Å²) in [6.07, 6.45) is 2.09. The fraction of sp³-hybridized carbons (Fsp3) is 1.00. The Hall–Kier alpha value is -0.160. The number of hydrogen-bond donors (Lipinski definition) is 0. The Morgan fingerprint density at radius 1 is 1.29 bits per heavy atom. The molecule has 1 rings (SSSR count). The molecule has 0 atom stereocenters. The normalized spacial score (nSPS) is 19.5. The standard InChI is InChI=1S/C10H21NO3/c1-11(8-10(12-2)13-3)9-4-6-14-7-5-9/h9-10H,4-8H2,1-3H3. The molecule has 1 fully saturated rings. The summed E-state index contributed by atoms with van der Waals surface area (Å²) in [5.74, 6) is 0. The minimum absolute atomic E-state index is 0.122. The van der Waals surface area contributed by atoms with Crippen LogP contribution >= 0.6 is 0 Å². The molecule has 4 nitrogen and oxygen atoms in total. The molecule has 0 spiro atoms. The molecule has 1 aliphatic heterocycles. The van der Waals surface area contributed by atoms with Crippen molar-refractivity contribution in [3.05, 3.63) is 0 Å². The second kappa shape index (κ2) is 6.35. The third-order valence-corrected chi connectivity index (χ3v) is 2.78. The van der Waals surface area contributed by atoms with E-state index in [2.05, 4.69) is 11.9 Å². The van der Waals surface area contributed by atoms with E-state index in [1.165, 1.54) is 0 Å². The van der Waals surface area contributed by atoms with Crippen molar-refractivity contribution in [1.82, 2.24) is 4.90 Å². The van der Waals surface area contributed by atoms with Crippen LogP contribution in [0, 0.1) is 0 Å². The van der Waals surface area contributed by atoms with Crippen LogP contribution < -0.4 is 0 Å². The molecule has 0 aromatic heterocycles. The molecule has 0 aliphatic carbocycles. The van der Waals surface area contributed by atoms with Crippen LogP contribution in [0.1, 0.15) is 12.8 Å². The summed E-state index contributed by atoms with van der Waals surface area (Å²) in [5.41, 5.74) is 0. The second-order valence-electron chi connectivity index (χ2n) is 3.68. The Labute approximate surface area is 86.1 Å². The van der Waals surface area contributed by atoms with Crippen LogP contribution in [0.4, 0.5) is 0 Å². The highest BCUT2D eigenvalue weighted by molar-refractivity contribution is 4.72. The fourth-order valence-electron chi connectivity index (χ4n) is 1.76. The van der Waals surface area contributed by atoms with Gasteiger partial charge in [-0.05, 0) is 19.9 Å². The maximum atomic E-state index is 5.32. The lowest BCUT2D eigenvalue weighted by molar-refractivity contribution is -0.120. The average molecular weight is 203 g/mol. The SMILES string of the molecule is COC(CN(C)C1CCOCC1)OC. The first-order chi connectivity index (χ1) is 6.77. The van der Waals surface area contributed by atoms with Gasteiger partial charge in [-0.3, -0.25) is 4.90 Å². The molecule has 0 unspecified atom stereocenters. The summed E-state index contributed by atoms with van der Waals surface area (Å²) in [4.78, 5) is 2.29. The maximum Gasteiger partial charge on any atom is 0.169 e. The van der Waals surface area contributed by atoms with Gasteiger partial charge in [0.2, 0.25) is 0 Å². The third kappa shape index (κ3) is 3.53. The quantitative estimate of drug-likeness (QED) is 0.616. The number of hydrogen-bond acceptors (Lipinski definition) is 4. The van der Waals surface area contributed by atoms with Crippen molar-refractivity contribution in [2.75, 3.05) is 41.0 Å². The lowest BCUT2D eigenvalue weighted by Gasteiger charge is -2.32. The monoisotopic (exact) mass is 203 g/mol. The summed E-state index contributed by atoms with van der Waals surface area (Å²) >= 11 is 0. The largest absolute Gasteiger partial charge is 0.381 e. The minimum atomic E-state index is -0.122. The van der Waals surface area contributed by atoms with E-state index in [1.54, 1.807) is 14.2 Å². The van der Waals surface area contributed by atoms with Crippen LogP contribution in [0.25, 0.3) is 0 Å². The van der Waals surface area contributed by atoms with Gasteiger partial charge in [0, 0.05) is 40.0 Å². The van der Waals surface area contributed by atoms with E-state index in [1.807, 2.05) is 0 Å². The molecule has 4 heteroatoms. The molecule has 1 aliphatic rings. The highest BCUT2D eigenvalue weighted by atomic mass is 16.7. The minimum Gasteiger partial charge on any atom is -0.381 e. The Kier molecular flexibility index (Phi) is 5.40. The first-order valence-corrected chi connectivity index (χ1v) is 5.11. The van der Waals surface area contributed by atoms with E-state index in [9.17, 15) is 0 Å². The van der Waals surface area contributed by atoms with Gasteiger partial charge in [-0.2, -0.15) is 0 Å². The lowest BCUT2D eigenvalue weighted by atomic mass is 10.1. The van der Waals surface area contributed by atoms with Crippen molar-refractivity contribution in [3.8, 4) is 0 Å². The van der Waals surface area contributed by atoms with Crippen LogP contribution in [0.5, 0.6) is 0 Å². The molecule has 0 bridgehead atoms. The zero-order valence-electron chi connectivity index (χ0n) is 9.36. The smallest absolute Gasteiger partial charge is 0.169 e. The summed E-state index contributed by atoms with van der Waals surface area (Å²) in [7, 11) is 5.46. The molecule has 0 aromatic carbocycles. The zero-order chi connectivity index (χ0) is 10.4. The van der Waals surface area contributed by atoms with Gasteiger partial charge in [-0.25, -0.2) is 0 Å². The number of ether oxygens (including phenoxy) is 3. The van der Waals surface area contributed by atoms with Gasteiger partial charge in [0.1, 0.15) is 0 Å². The summed E-state index contributed by atoms with van der Waals surface area (Å²) < 4.78 is 15.6. The molecular formula is C10H21NO3. The van der Waals surface area contributed by atoms with Crippen molar-refractivity contribution in [3.63, 3.8) is 0 Å². The maximum absolute atomic E-state index is 5.32. The fourth-order valence-corrected chi connectivity index (χ4v) is 1.76. The Morgan fingerprint density at radius 2 is 1.86 bits per heavy atom. The molecule has 0 saturated carbocycles. The molecule has 0 amide bonds. The van der Waals surface area contributed by atoms with E-state index in [-0.39, 0.29) is 6.29 Å². The van der Waals surface area contributed by atoms with Crippen LogP contribution in [0.15, 0.2) is 0 Å². The van der Waals surface area contributed by atoms with E-state index < -0.39 is 0 Å². The van der Waals surface area contributed by atoms with Crippen molar-refractivity contribution >= 4 is 0 Å². The second-order valence-corrected chi connectivity index (χ2v) is 3.68. The predicted molar refractivity (Wildman–Crippen MR) is 54.3 cm³/mol. The molecule has 1 heterocycles. The van der Waals surface area contributed by atoms with Crippen LogP contribution in [-0.2, 0) is 14.2 Å². The molecule has 14 heavy (non-hydrogen) atoms.